The molecule has 1 atom stereocenters. The lowest BCUT2D eigenvalue weighted by Crippen LogP contribution is -2.10. The lowest BCUT2D eigenvalue weighted by Gasteiger charge is -2.18. The summed E-state index contributed by atoms with van der Waals surface area (Å²) in [6, 6.07) is 18.7. The number of aromatic nitrogens is 1. The Morgan fingerprint density at radius 2 is 1.52 bits per heavy atom. The van der Waals surface area contributed by atoms with Crippen LogP contribution in [0.25, 0.3) is 0 Å². The van der Waals surface area contributed by atoms with Crippen LogP contribution in [-0.4, -0.2) is 35.6 Å². The predicted octanol–water partition coefficient (Wildman–Crippen LogP) is 2.91. The largest absolute Gasteiger partial charge is 0.482 e. The van der Waals surface area contributed by atoms with Crippen LogP contribution in [0.1, 0.15) is 22.7 Å². The van der Waals surface area contributed by atoms with Gasteiger partial charge in [-0.3, -0.25) is 9.54 Å². The highest BCUT2D eigenvalue weighted by Crippen LogP contribution is 2.32. The van der Waals surface area contributed by atoms with Crippen LogP contribution in [0.3, 0.4) is 0 Å². The smallest absolute Gasteiger partial charge is 0.446 e. The van der Waals surface area contributed by atoms with Crippen molar-refractivity contribution in [3.05, 3.63) is 89.7 Å². The van der Waals surface area contributed by atoms with Crippen molar-refractivity contribution in [3.63, 3.8) is 0 Å². The first-order valence-electron chi connectivity index (χ1n) is 8.44. The molecule has 1 heterocycles. The minimum atomic E-state index is -4.60. The van der Waals surface area contributed by atoms with Crippen molar-refractivity contribution in [2.75, 3.05) is 6.61 Å². The average molecular weight is 415 g/mol. The number of hydrogen-bond donors (Lipinski definition) is 2. The molecule has 2 aromatic carbocycles. The van der Waals surface area contributed by atoms with Gasteiger partial charge in [0.15, 0.2) is 6.61 Å². The van der Waals surface area contributed by atoms with E-state index in [0.29, 0.717) is 5.75 Å². The highest BCUT2D eigenvalue weighted by atomic mass is 32.3. The highest BCUT2D eigenvalue weighted by molar-refractivity contribution is 7.81. The summed E-state index contributed by atoms with van der Waals surface area (Å²) >= 11 is 0. The number of ether oxygens (including phenoxy) is 1. The monoisotopic (exact) mass is 415 g/mol. The second-order valence-corrected chi connectivity index (χ2v) is 7.04. The lowest BCUT2D eigenvalue weighted by atomic mass is 9.88. The van der Waals surface area contributed by atoms with E-state index in [9.17, 15) is 13.2 Å². The summed E-state index contributed by atoms with van der Waals surface area (Å²) < 4.78 is 40.2. The Morgan fingerprint density at radius 1 is 0.931 bits per heavy atom. The van der Waals surface area contributed by atoms with Crippen LogP contribution in [0.2, 0.25) is 0 Å². The first kappa shape index (κ1) is 20.3. The van der Waals surface area contributed by atoms with Gasteiger partial charge >= 0.3 is 16.4 Å². The van der Waals surface area contributed by atoms with Crippen LogP contribution in [0, 0.1) is 0 Å². The van der Waals surface area contributed by atoms with E-state index in [2.05, 4.69) is 9.17 Å². The normalized spacial score (nSPS) is 12.2. The highest BCUT2D eigenvalue weighted by Gasteiger charge is 2.19. The zero-order chi connectivity index (χ0) is 20.9. The third-order valence-electron chi connectivity index (χ3n) is 3.97. The number of aliphatic carboxylic acids is 1. The standard InChI is InChI=1S/C20H17NO7S/c22-19(23)13-27-16-8-4-14(5-9-16)20(18-3-1-2-12-21-18)15-6-10-17(11-7-15)28-29(24,25)26/h1-12,20H,13H2,(H,22,23)(H,24,25,26). The molecule has 8 nitrogen and oxygen atoms in total. The zero-order valence-corrected chi connectivity index (χ0v) is 15.8. The molecule has 0 aliphatic rings. The van der Waals surface area contributed by atoms with E-state index in [-0.39, 0.29) is 11.7 Å². The summed E-state index contributed by atoms with van der Waals surface area (Å²) in [6.45, 7) is -0.432. The van der Waals surface area contributed by atoms with E-state index in [1.807, 2.05) is 12.1 Å². The van der Waals surface area contributed by atoms with Crippen LogP contribution < -0.4 is 8.92 Å². The third kappa shape index (κ3) is 5.77. The SMILES string of the molecule is O=C(O)COc1ccc(C(c2ccc(OS(=O)(=O)O)cc2)c2ccccn2)cc1. The molecule has 3 rings (SSSR count). The quantitative estimate of drug-likeness (QED) is 0.539. The minimum Gasteiger partial charge on any atom is -0.482 e. The maximum absolute atomic E-state index is 10.9. The van der Waals surface area contributed by atoms with Gasteiger partial charge in [0.05, 0.1) is 11.6 Å². The molecule has 1 unspecified atom stereocenters. The Bertz CT molecular complexity index is 1070. The van der Waals surface area contributed by atoms with Gasteiger partial charge in [0.25, 0.3) is 0 Å². The van der Waals surface area contributed by atoms with E-state index >= 15 is 0 Å². The van der Waals surface area contributed by atoms with Crippen LogP contribution in [0.15, 0.2) is 72.9 Å². The number of rotatable bonds is 8. The molecule has 3 aromatic rings. The number of carboxylic acid groups (broad SMARTS) is 1. The van der Waals surface area contributed by atoms with Crippen molar-refractivity contribution in [2.45, 2.75) is 5.92 Å². The molecule has 0 saturated carbocycles. The fourth-order valence-electron chi connectivity index (χ4n) is 2.82. The van der Waals surface area contributed by atoms with E-state index in [4.69, 9.17) is 14.4 Å². The Morgan fingerprint density at radius 3 is 2.00 bits per heavy atom. The Hall–Kier alpha value is -3.43. The topological polar surface area (TPSA) is 123 Å². The number of benzene rings is 2. The van der Waals surface area contributed by atoms with Crippen molar-refractivity contribution in [3.8, 4) is 11.5 Å². The lowest BCUT2D eigenvalue weighted by molar-refractivity contribution is -0.139. The summed E-state index contributed by atoms with van der Waals surface area (Å²) in [5.74, 6) is -0.932. The number of nitrogens with zero attached hydrogens (tertiary/aromatic N) is 1. The first-order chi connectivity index (χ1) is 13.8. The van der Waals surface area contributed by atoms with E-state index in [1.54, 1.807) is 48.7 Å². The molecular weight excluding hydrogens is 398 g/mol. The van der Waals surface area contributed by atoms with Crippen molar-refractivity contribution in [2.24, 2.45) is 0 Å². The summed E-state index contributed by atoms with van der Waals surface area (Å²) in [4.78, 5) is 15.1. The van der Waals surface area contributed by atoms with Gasteiger partial charge in [-0.1, -0.05) is 30.3 Å². The molecule has 150 valence electrons. The molecule has 0 amide bonds. The molecule has 0 spiro atoms. The molecule has 1 aromatic heterocycles. The van der Waals surface area contributed by atoms with Gasteiger partial charge in [0, 0.05) is 6.20 Å². The molecule has 0 radical (unpaired) electrons. The number of carbonyl (C=O) groups is 1. The fourth-order valence-corrected chi connectivity index (χ4v) is 3.17. The van der Waals surface area contributed by atoms with Gasteiger partial charge in [-0.15, -0.1) is 0 Å². The molecular formula is C20H17NO7S. The Labute approximate surface area is 167 Å². The zero-order valence-electron chi connectivity index (χ0n) is 15.0. The van der Waals surface area contributed by atoms with Crippen molar-refractivity contribution >= 4 is 16.4 Å². The molecule has 0 aliphatic heterocycles. The Balaban J connectivity index is 1.93. The summed E-state index contributed by atoms with van der Waals surface area (Å²) in [7, 11) is -4.60. The van der Waals surface area contributed by atoms with Crippen LogP contribution in [-0.2, 0) is 15.2 Å². The molecule has 0 saturated heterocycles. The fraction of sp³-hybridized carbons (Fsp3) is 0.100. The van der Waals surface area contributed by atoms with Gasteiger partial charge in [-0.25, -0.2) is 4.79 Å². The first-order valence-corrected chi connectivity index (χ1v) is 9.81. The van der Waals surface area contributed by atoms with Crippen molar-refractivity contribution < 1.29 is 31.8 Å². The molecule has 0 aliphatic carbocycles. The maximum atomic E-state index is 10.9. The average Bonchev–Trinajstić information content (AvgIpc) is 2.68. The molecule has 0 fully saturated rings. The number of hydrogen-bond acceptors (Lipinski definition) is 6. The van der Waals surface area contributed by atoms with Crippen molar-refractivity contribution in [1.82, 2.24) is 4.98 Å². The van der Waals surface area contributed by atoms with E-state index in [1.165, 1.54) is 12.1 Å². The Kier molecular flexibility index (Phi) is 6.10. The summed E-state index contributed by atoms with van der Waals surface area (Å²) in [6.07, 6.45) is 1.67. The third-order valence-corrected chi connectivity index (χ3v) is 4.38. The van der Waals surface area contributed by atoms with Gasteiger partial charge in [-0.2, -0.15) is 8.42 Å². The second-order valence-electron chi connectivity index (χ2n) is 6.02. The second kappa shape index (κ2) is 8.72. The van der Waals surface area contributed by atoms with E-state index in [0.717, 1.165) is 16.8 Å². The van der Waals surface area contributed by atoms with Crippen LogP contribution in [0.4, 0.5) is 0 Å². The molecule has 29 heavy (non-hydrogen) atoms. The van der Waals surface area contributed by atoms with E-state index < -0.39 is 23.0 Å². The van der Waals surface area contributed by atoms with Gasteiger partial charge in [-0.05, 0) is 47.5 Å². The predicted molar refractivity (Wildman–Crippen MR) is 103 cm³/mol. The van der Waals surface area contributed by atoms with Crippen LogP contribution in [0.5, 0.6) is 11.5 Å². The van der Waals surface area contributed by atoms with Crippen molar-refractivity contribution in [1.29, 1.82) is 0 Å². The maximum Gasteiger partial charge on any atom is 0.446 e. The van der Waals surface area contributed by atoms with Gasteiger partial charge in [0.1, 0.15) is 11.5 Å². The van der Waals surface area contributed by atoms with Gasteiger partial charge < -0.3 is 14.0 Å². The number of pyridine rings is 1. The number of carboxylic acids is 1. The molecule has 2 N–H and O–H groups in total. The minimum absolute atomic E-state index is 0.0200. The summed E-state index contributed by atoms with van der Waals surface area (Å²) in [5, 5.41) is 8.71. The van der Waals surface area contributed by atoms with Gasteiger partial charge in [0.2, 0.25) is 0 Å². The van der Waals surface area contributed by atoms with Crippen LogP contribution >= 0.6 is 0 Å². The summed E-state index contributed by atoms with van der Waals surface area (Å²) in [5.41, 5.74) is 2.44. The molecule has 0 bridgehead atoms. The molecule has 9 heteroatoms.